The maximum absolute atomic E-state index is 11.6. The highest BCUT2D eigenvalue weighted by atomic mass is 32.1. The largest absolute Gasteiger partial charge is 0.372 e. The third-order valence-electron chi connectivity index (χ3n) is 3.49. The molecule has 0 spiro atoms. The molecular weight excluding hydrogens is 232 g/mol. The molecule has 17 heavy (non-hydrogen) atoms. The van der Waals surface area contributed by atoms with Crippen LogP contribution in [0.2, 0.25) is 0 Å². The lowest BCUT2D eigenvalue weighted by molar-refractivity contribution is 0.101. The predicted octanol–water partition coefficient (Wildman–Crippen LogP) is 3.64. The minimum absolute atomic E-state index is 0.114. The number of carbonyl (C=O) groups excluding carboxylic acids is 1. The number of aromatic nitrogens is 1. The van der Waals surface area contributed by atoms with E-state index in [0.29, 0.717) is 6.04 Å². The van der Waals surface area contributed by atoms with Gasteiger partial charge in [0, 0.05) is 6.04 Å². The van der Waals surface area contributed by atoms with Crippen LogP contribution in [0.5, 0.6) is 0 Å². The average molecular weight is 252 g/mol. The van der Waals surface area contributed by atoms with Crippen LogP contribution in [0.4, 0.5) is 5.00 Å². The average Bonchev–Trinajstić information content (AvgIpc) is 2.59. The molecule has 1 aromatic heterocycles. The molecule has 1 saturated carbocycles. The predicted molar refractivity (Wildman–Crippen MR) is 71.9 cm³/mol. The second kappa shape index (κ2) is 5.17. The number of ketones is 1. The Hall–Kier alpha value is -0.900. The highest BCUT2D eigenvalue weighted by Crippen LogP contribution is 2.30. The molecular formula is C13H20N2OS. The van der Waals surface area contributed by atoms with Gasteiger partial charge in [0.1, 0.15) is 5.00 Å². The van der Waals surface area contributed by atoms with E-state index in [1.54, 1.807) is 6.92 Å². The fraction of sp³-hybridized carbons (Fsp3) is 0.692. The quantitative estimate of drug-likeness (QED) is 0.835. The molecule has 1 fully saturated rings. The summed E-state index contributed by atoms with van der Waals surface area (Å²) in [6.07, 6.45) is 5.03. The van der Waals surface area contributed by atoms with Crippen molar-refractivity contribution < 1.29 is 4.79 Å². The normalized spacial score (nSPS) is 24.6. The third kappa shape index (κ3) is 2.86. The standard InChI is InChI=1S/C13H20N2OS/c1-8-5-4-6-11(7-8)14-13-12(10(3)16)9(2)15-17-13/h8,11,14H,4-7H2,1-3H3. The number of nitrogens with one attached hydrogen (secondary N) is 1. The molecule has 94 valence electrons. The Balaban J connectivity index is 2.10. The molecule has 0 saturated heterocycles. The van der Waals surface area contributed by atoms with Gasteiger partial charge in [-0.3, -0.25) is 4.79 Å². The zero-order chi connectivity index (χ0) is 12.4. The van der Waals surface area contributed by atoms with Crippen LogP contribution in [0.1, 0.15) is 55.6 Å². The van der Waals surface area contributed by atoms with E-state index in [0.717, 1.165) is 22.2 Å². The highest BCUT2D eigenvalue weighted by molar-refractivity contribution is 7.10. The second-order valence-corrected chi connectivity index (χ2v) is 5.91. The summed E-state index contributed by atoms with van der Waals surface area (Å²) < 4.78 is 4.28. The van der Waals surface area contributed by atoms with Gasteiger partial charge in [0.2, 0.25) is 0 Å². The van der Waals surface area contributed by atoms with Gasteiger partial charge in [0.15, 0.2) is 5.78 Å². The fourth-order valence-electron chi connectivity index (χ4n) is 2.63. The molecule has 0 aliphatic heterocycles. The number of nitrogens with zero attached hydrogens (tertiary/aromatic N) is 1. The Morgan fingerprint density at radius 3 is 2.88 bits per heavy atom. The smallest absolute Gasteiger partial charge is 0.164 e. The van der Waals surface area contributed by atoms with Gasteiger partial charge in [-0.15, -0.1) is 0 Å². The lowest BCUT2D eigenvalue weighted by Crippen LogP contribution is -2.26. The summed E-state index contributed by atoms with van der Waals surface area (Å²) in [7, 11) is 0. The van der Waals surface area contributed by atoms with E-state index in [2.05, 4.69) is 16.6 Å². The number of anilines is 1. The molecule has 0 amide bonds. The summed E-state index contributed by atoms with van der Waals surface area (Å²) in [5.41, 5.74) is 1.64. The number of aryl methyl sites for hydroxylation is 1. The minimum atomic E-state index is 0.114. The van der Waals surface area contributed by atoms with E-state index in [-0.39, 0.29) is 5.78 Å². The number of hydrogen-bond donors (Lipinski definition) is 1. The summed E-state index contributed by atoms with van der Waals surface area (Å²) >= 11 is 1.42. The summed E-state index contributed by atoms with van der Waals surface area (Å²) in [6.45, 7) is 5.82. The molecule has 1 aliphatic carbocycles. The Kier molecular flexibility index (Phi) is 3.82. The molecule has 3 nitrogen and oxygen atoms in total. The summed E-state index contributed by atoms with van der Waals surface area (Å²) in [4.78, 5) is 11.6. The molecule has 2 atom stereocenters. The van der Waals surface area contributed by atoms with Crippen LogP contribution in [0.15, 0.2) is 0 Å². The van der Waals surface area contributed by atoms with Crippen molar-refractivity contribution in [1.82, 2.24) is 4.37 Å². The first-order valence-electron chi connectivity index (χ1n) is 6.31. The molecule has 2 rings (SSSR count). The van der Waals surface area contributed by atoms with E-state index in [1.165, 1.54) is 37.2 Å². The van der Waals surface area contributed by atoms with Crippen LogP contribution in [0.25, 0.3) is 0 Å². The maximum atomic E-state index is 11.6. The highest BCUT2D eigenvalue weighted by Gasteiger charge is 2.22. The van der Waals surface area contributed by atoms with Gasteiger partial charge in [-0.25, -0.2) is 0 Å². The maximum Gasteiger partial charge on any atom is 0.164 e. The molecule has 0 aromatic carbocycles. The minimum Gasteiger partial charge on any atom is -0.372 e. The van der Waals surface area contributed by atoms with E-state index in [1.807, 2.05) is 6.92 Å². The summed E-state index contributed by atoms with van der Waals surface area (Å²) in [5, 5.41) is 4.48. The van der Waals surface area contributed by atoms with Gasteiger partial charge in [0.05, 0.1) is 11.3 Å². The molecule has 1 N–H and O–H groups in total. The zero-order valence-corrected chi connectivity index (χ0v) is 11.6. The Morgan fingerprint density at radius 2 is 2.24 bits per heavy atom. The Morgan fingerprint density at radius 1 is 1.47 bits per heavy atom. The fourth-order valence-corrected chi connectivity index (χ4v) is 3.56. The van der Waals surface area contributed by atoms with Crippen molar-refractivity contribution in [3.8, 4) is 0 Å². The van der Waals surface area contributed by atoms with Crippen molar-refractivity contribution in [2.45, 2.75) is 52.5 Å². The first-order chi connectivity index (χ1) is 8.08. The Labute approximate surface area is 107 Å². The first-order valence-corrected chi connectivity index (χ1v) is 7.09. The molecule has 1 aliphatic rings. The van der Waals surface area contributed by atoms with E-state index in [9.17, 15) is 4.79 Å². The van der Waals surface area contributed by atoms with Crippen molar-refractivity contribution in [1.29, 1.82) is 0 Å². The Bertz CT molecular complexity index is 414. The number of carbonyl (C=O) groups is 1. The van der Waals surface area contributed by atoms with Crippen LogP contribution in [0, 0.1) is 12.8 Å². The van der Waals surface area contributed by atoms with Crippen LogP contribution in [-0.4, -0.2) is 16.2 Å². The second-order valence-electron chi connectivity index (χ2n) is 5.14. The topological polar surface area (TPSA) is 42.0 Å². The lowest BCUT2D eigenvalue weighted by atomic mass is 9.87. The monoisotopic (exact) mass is 252 g/mol. The van der Waals surface area contributed by atoms with E-state index >= 15 is 0 Å². The van der Waals surface area contributed by atoms with Crippen LogP contribution < -0.4 is 5.32 Å². The van der Waals surface area contributed by atoms with Crippen molar-refractivity contribution in [3.63, 3.8) is 0 Å². The molecule has 0 radical (unpaired) electrons. The SMILES string of the molecule is CC(=O)c1c(C)nsc1NC1CCCC(C)C1. The molecule has 1 aromatic rings. The van der Waals surface area contributed by atoms with E-state index in [4.69, 9.17) is 0 Å². The van der Waals surface area contributed by atoms with E-state index < -0.39 is 0 Å². The van der Waals surface area contributed by atoms with Crippen LogP contribution >= 0.6 is 11.5 Å². The number of rotatable bonds is 3. The molecule has 4 heteroatoms. The zero-order valence-electron chi connectivity index (χ0n) is 10.7. The van der Waals surface area contributed by atoms with Gasteiger partial charge in [-0.1, -0.05) is 19.8 Å². The summed E-state index contributed by atoms with van der Waals surface area (Å²) in [5.74, 6) is 0.902. The lowest BCUT2D eigenvalue weighted by Gasteiger charge is -2.27. The van der Waals surface area contributed by atoms with Crippen LogP contribution in [-0.2, 0) is 0 Å². The van der Waals surface area contributed by atoms with Crippen molar-refractivity contribution >= 4 is 22.3 Å². The van der Waals surface area contributed by atoms with Gasteiger partial charge < -0.3 is 5.32 Å². The van der Waals surface area contributed by atoms with Gasteiger partial charge >= 0.3 is 0 Å². The van der Waals surface area contributed by atoms with Crippen molar-refractivity contribution in [2.24, 2.45) is 5.92 Å². The molecule has 0 bridgehead atoms. The van der Waals surface area contributed by atoms with Gasteiger partial charge in [-0.2, -0.15) is 4.37 Å². The van der Waals surface area contributed by atoms with Gasteiger partial charge in [0.25, 0.3) is 0 Å². The molecule has 2 unspecified atom stereocenters. The first kappa shape index (κ1) is 12.6. The van der Waals surface area contributed by atoms with Gasteiger partial charge in [-0.05, 0) is 44.1 Å². The third-order valence-corrected chi connectivity index (χ3v) is 4.36. The van der Waals surface area contributed by atoms with Crippen molar-refractivity contribution in [3.05, 3.63) is 11.3 Å². The number of hydrogen-bond acceptors (Lipinski definition) is 4. The molecule has 1 heterocycles. The van der Waals surface area contributed by atoms with Crippen molar-refractivity contribution in [2.75, 3.05) is 5.32 Å². The summed E-state index contributed by atoms with van der Waals surface area (Å²) in [6, 6.07) is 0.511. The van der Waals surface area contributed by atoms with Crippen LogP contribution in [0.3, 0.4) is 0 Å². The number of Topliss-reactive ketones (excluding diaryl/α,β-unsaturated/α-hetero) is 1.